The Morgan fingerprint density at radius 2 is 1.93 bits per heavy atom. The number of carbonyl (C=O) groups excluding carboxylic acids is 1. The van der Waals surface area contributed by atoms with Crippen LogP contribution in [0.4, 0.5) is 15.9 Å². The molecule has 2 atom stereocenters. The van der Waals surface area contributed by atoms with E-state index in [0.29, 0.717) is 28.9 Å². The number of aryl methyl sites for hydroxylation is 1. The average molecular weight is 417 g/mol. The summed E-state index contributed by atoms with van der Waals surface area (Å²) in [4.78, 5) is 13.0. The molecule has 1 heterocycles. The second kappa shape index (κ2) is 7.48. The van der Waals surface area contributed by atoms with Crippen LogP contribution in [0.15, 0.2) is 29.3 Å². The molecule has 1 amide bonds. The van der Waals surface area contributed by atoms with Crippen molar-refractivity contribution in [2.75, 3.05) is 11.1 Å². The van der Waals surface area contributed by atoms with Crippen molar-refractivity contribution in [3.05, 3.63) is 51.4 Å². The molecule has 7 heteroatoms. The zero-order valence-electron chi connectivity index (χ0n) is 16.9. The van der Waals surface area contributed by atoms with Gasteiger partial charge in [-0.15, -0.1) is 0 Å². The zero-order chi connectivity index (χ0) is 20.9. The predicted molar refractivity (Wildman–Crippen MR) is 114 cm³/mol. The lowest BCUT2D eigenvalue weighted by molar-refractivity contribution is 0.102. The summed E-state index contributed by atoms with van der Waals surface area (Å²) in [5.41, 5.74) is 10.8. The number of hydrogen-bond donors (Lipinski definition) is 2. The van der Waals surface area contributed by atoms with Crippen LogP contribution in [0.3, 0.4) is 0 Å². The molecule has 2 aromatic rings. The first-order valence-corrected chi connectivity index (χ1v) is 10.4. The van der Waals surface area contributed by atoms with E-state index in [-0.39, 0.29) is 16.8 Å². The van der Waals surface area contributed by atoms with E-state index in [4.69, 9.17) is 17.3 Å². The summed E-state index contributed by atoms with van der Waals surface area (Å²) in [6.07, 6.45) is 4.37. The third kappa shape index (κ3) is 3.66. The number of nitrogens with zero attached hydrogens (tertiary/aromatic N) is 2. The fraction of sp³-hybridized carbons (Fsp3) is 0.455. The molecule has 0 aliphatic heterocycles. The first-order valence-electron chi connectivity index (χ1n) is 9.98. The fourth-order valence-corrected chi connectivity index (χ4v) is 5.08. The van der Waals surface area contributed by atoms with Gasteiger partial charge < -0.3 is 11.1 Å². The number of rotatable bonds is 3. The SMILES string of the molecule is CC(C)=C1CC2CC(c3nn(C)c(N)c3C(=O)Nc3ccc(F)c(Cl)c3)CC2C1. The Labute approximate surface area is 175 Å². The van der Waals surface area contributed by atoms with Crippen LogP contribution in [0.2, 0.25) is 5.02 Å². The molecule has 2 aliphatic carbocycles. The first kappa shape index (κ1) is 20.0. The highest BCUT2D eigenvalue weighted by molar-refractivity contribution is 6.31. The first-order chi connectivity index (χ1) is 13.7. The maximum absolute atomic E-state index is 13.4. The summed E-state index contributed by atoms with van der Waals surface area (Å²) < 4.78 is 15.0. The number of nitrogens with two attached hydrogens (primary N) is 1. The topological polar surface area (TPSA) is 72.9 Å². The molecule has 0 spiro atoms. The molecule has 4 rings (SSSR count). The summed E-state index contributed by atoms with van der Waals surface area (Å²) in [5.74, 6) is 1.01. The second-order valence-electron chi connectivity index (χ2n) is 8.55. The van der Waals surface area contributed by atoms with Crippen molar-refractivity contribution in [3.63, 3.8) is 0 Å². The van der Waals surface area contributed by atoms with E-state index < -0.39 is 5.82 Å². The van der Waals surface area contributed by atoms with Crippen LogP contribution in [-0.4, -0.2) is 15.7 Å². The van der Waals surface area contributed by atoms with Crippen LogP contribution in [0, 0.1) is 17.7 Å². The summed E-state index contributed by atoms with van der Waals surface area (Å²) in [5, 5.41) is 7.35. The molecule has 0 radical (unpaired) electrons. The number of fused-ring (bicyclic) bond motifs is 1. The van der Waals surface area contributed by atoms with E-state index in [1.807, 2.05) is 0 Å². The van der Waals surface area contributed by atoms with Crippen LogP contribution in [-0.2, 0) is 7.05 Å². The van der Waals surface area contributed by atoms with Gasteiger partial charge in [-0.05, 0) is 69.6 Å². The van der Waals surface area contributed by atoms with Crippen molar-refractivity contribution in [3.8, 4) is 0 Å². The molecule has 1 aromatic heterocycles. The third-order valence-electron chi connectivity index (χ3n) is 6.48. The number of nitrogen functional groups attached to an aromatic ring is 1. The lowest BCUT2D eigenvalue weighted by Gasteiger charge is -2.13. The van der Waals surface area contributed by atoms with Gasteiger partial charge in [0.2, 0.25) is 0 Å². The fourth-order valence-electron chi connectivity index (χ4n) is 4.90. The van der Waals surface area contributed by atoms with Crippen molar-refractivity contribution < 1.29 is 9.18 Å². The second-order valence-corrected chi connectivity index (χ2v) is 8.96. The lowest BCUT2D eigenvalue weighted by atomic mass is 9.94. The Morgan fingerprint density at radius 3 is 2.52 bits per heavy atom. The normalized spacial score (nSPS) is 23.3. The van der Waals surface area contributed by atoms with E-state index >= 15 is 0 Å². The highest BCUT2D eigenvalue weighted by Gasteiger charge is 2.42. The summed E-state index contributed by atoms with van der Waals surface area (Å²) in [7, 11) is 1.75. The predicted octanol–water partition coefficient (Wildman–Crippen LogP) is 5.29. The van der Waals surface area contributed by atoms with Crippen molar-refractivity contribution in [1.82, 2.24) is 9.78 Å². The largest absolute Gasteiger partial charge is 0.383 e. The van der Waals surface area contributed by atoms with Gasteiger partial charge in [0.15, 0.2) is 0 Å². The van der Waals surface area contributed by atoms with Crippen LogP contribution in [0.5, 0.6) is 0 Å². The van der Waals surface area contributed by atoms with Gasteiger partial charge >= 0.3 is 0 Å². The Morgan fingerprint density at radius 1 is 1.28 bits per heavy atom. The number of anilines is 2. The Hall–Kier alpha value is -2.34. The van der Waals surface area contributed by atoms with Gasteiger partial charge in [-0.3, -0.25) is 9.48 Å². The van der Waals surface area contributed by atoms with Crippen LogP contribution < -0.4 is 11.1 Å². The Balaban J connectivity index is 1.57. The number of amides is 1. The van der Waals surface area contributed by atoms with Gasteiger partial charge in [-0.25, -0.2) is 4.39 Å². The summed E-state index contributed by atoms with van der Waals surface area (Å²) >= 11 is 5.83. The molecular weight excluding hydrogens is 391 g/mol. The monoisotopic (exact) mass is 416 g/mol. The molecule has 0 saturated heterocycles. The number of aromatic nitrogens is 2. The quantitative estimate of drug-likeness (QED) is 0.668. The molecule has 2 saturated carbocycles. The van der Waals surface area contributed by atoms with E-state index in [9.17, 15) is 9.18 Å². The van der Waals surface area contributed by atoms with E-state index in [0.717, 1.165) is 31.4 Å². The van der Waals surface area contributed by atoms with Gasteiger partial charge in [0.25, 0.3) is 5.91 Å². The smallest absolute Gasteiger partial charge is 0.261 e. The highest BCUT2D eigenvalue weighted by atomic mass is 35.5. The maximum Gasteiger partial charge on any atom is 0.261 e. The van der Waals surface area contributed by atoms with Gasteiger partial charge in [0, 0.05) is 18.7 Å². The van der Waals surface area contributed by atoms with Crippen molar-refractivity contribution in [2.45, 2.75) is 45.4 Å². The van der Waals surface area contributed by atoms with Crippen molar-refractivity contribution in [2.24, 2.45) is 18.9 Å². The minimum Gasteiger partial charge on any atom is -0.383 e. The molecule has 29 heavy (non-hydrogen) atoms. The van der Waals surface area contributed by atoms with Crippen molar-refractivity contribution in [1.29, 1.82) is 0 Å². The minimum absolute atomic E-state index is 0.0409. The molecule has 3 N–H and O–H groups in total. The number of hydrogen-bond acceptors (Lipinski definition) is 3. The lowest BCUT2D eigenvalue weighted by Crippen LogP contribution is -2.16. The summed E-state index contributed by atoms with van der Waals surface area (Å²) in [6.45, 7) is 4.38. The van der Waals surface area contributed by atoms with E-state index in [1.54, 1.807) is 17.3 Å². The number of nitrogens with one attached hydrogen (secondary N) is 1. The number of allylic oxidation sites excluding steroid dienone is 2. The standard InChI is InChI=1S/C22H26ClFN4O/c1-11(2)12-6-13-8-15(9-14(13)7-12)20-19(21(25)28(3)27-20)22(29)26-16-4-5-18(24)17(23)10-16/h4-5,10,13-15H,6-9,25H2,1-3H3,(H,26,29). The van der Waals surface area contributed by atoms with Gasteiger partial charge in [0.1, 0.15) is 17.2 Å². The molecule has 0 bridgehead atoms. The molecule has 5 nitrogen and oxygen atoms in total. The van der Waals surface area contributed by atoms with Crippen LogP contribution in [0.25, 0.3) is 0 Å². The minimum atomic E-state index is -0.528. The number of halogens is 2. The summed E-state index contributed by atoms with van der Waals surface area (Å²) in [6, 6.07) is 4.10. The van der Waals surface area contributed by atoms with E-state index in [1.165, 1.54) is 23.8 Å². The van der Waals surface area contributed by atoms with Gasteiger partial charge in [-0.2, -0.15) is 5.10 Å². The van der Waals surface area contributed by atoms with Gasteiger partial charge in [0.05, 0.1) is 10.7 Å². The van der Waals surface area contributed by atoms with Crippen LogP contribution in [0.1, 0.15) is 61.5 Å². The van der Waals surface area contributed by atoms with Crippen LogP contribution >= 0.6 is 11.6 Å². The molecule has 1 aromatic carbocycles. The third-order valence-corrected chi connectivity index (χ3v) is 6.77. The molecule has 154 valence electrons. The molecule has 2 fully saturated rings. The Kier molecular flexibility index (Phi) is 5.15. The Bertz CT molecular complexity index is 992. The van der Waals surface area contributed by atoms with Crippen molar-refractivity contribution >= 4 is 29.0 Å². The molecular formula is C22H26ClFN4O. The number of benzene rings is 1. The zero-order valence-corrected chi connectivity index (χ0v) is 17.7. The molecule has 2 aliphatic rings. The number of carbonyl (C=O) groups is 1. The highest BCUT2D eigenvalue weighted by Crippen LogP contribution is 2.53. The van der Waals surface area contributed by atoms with E-state index in [2.05, 4.69) is 24.3 Å². The average Bonchev–Trinajstić information content (AvgIpc) is 3.30. The maximum atomic E-state index is 13.4. The van der Waals surface area contributed by atoms with Gasteiger partial charge in [-0.1, -0.05) is 22.7 Å². The molecule has 2 unspecified atom stereocenters.